The van der Waals surface area contributed by atoms with E-state index in [2.05, 4.69) is 33.2 Å². The molecule has 0 atom stereocenters. The zero-order valence-electron chi connectivity index (χ0n) is 17.6. The number of aryl methyl sites for hydroxylation is 1. The predicted molar refractivity (Wildman–Crippen MR) is 142 cm³/mol. The molecule has 1 saturated heterocycles. The summed E-state index contributed by atoms with van der Waals surface area (Å²) in [5, 5.41) is 4.48. The van der Waals surface area contributed by atoms with E-state index in [9.17, 15) is 4.79 Å². The van der Waals surface area contributed by atoms with Gasteiger partial charge in [0.05, 0.1) is 10.6 Å². The van der Waals surface area contributed by atoms with E-state index in [-0.39, 0.29) is 12.5 Å². The Morgan fingerprint density at radius 1 is 1.09 bits per heavy atom. The number of aliphatic imine (C=N–C) groups is 1. The molecule has 8 heteroatoms. The molecule has 1 aliphatic heterocycles. The van der Waals surface area contributed by atoms with E-state index < -0.39 is 0 Å². The predicted octanol–water partition coefficient (Wildman–Crippen LogP) is 7.79. The summed E-state index contributed by atoms with van der Waals surface area (Å²) < 4.78 is 6.90. The molecule has 0 aromatic heterocycles. The number of thioether (sulfide) groups is 1. The monoisotopic (exact) mass is 560 g/mol. The van der Waals surface area contributed by atoms with Crippen LogP contribution in [-0.2, 0) is 17.8 Å². The second-order valence-corrected chi connectivity index (χ2v) is 10.00. The first-order chi connectivity index (χ1) is 15.9. The Morgan fingerprint density at radius 2 is 1.88 bits per heavy atom. The number of amidine groups is 1. The van der Waals surface area contributed by atoms with Crippen molar-refractivity contribution in [3.8, 4) is 5.75 Å². The third-order valence-electron chi connectivity index (χ3n) is 4.88. The first-order valence-electron chi connectivity index (χ1n) is 10.2. The number of nitrogens with zero attached hydrogens (tertiary/aromatic N) is 1. The quantitative estimate of drug-likeness (QED) is 0.312. The molecular weight excluding hydrogens is 543 g/mol. The molecule has 0 radical (unpaired) electrons. The summed E-state index contributed by atoms with van der Waals surface area (Å²) in [6.07, 6.45) is 2.77. The van der Waals surface area contributed by atoms with Crippen LogP contribution in [0.1, 0.15) is 23.6 Å². The lowest BCUT2D eigenvalue weighted by molar-refractivity contribution is -0.115. The number of nitrogens with one attached hydrogen (secondary N) is 1. The van der Waals surface area contributed by atoms with Gasteiger partial charge in [0, 0.05) is 25.6 Å². The molecular formula is C25H19BrCl2N2O2S. The largest absolute Gasteiger partial charge is 0.488 e. The van der Waals surface area contributed by atoms with Crippen molar-refractivity contribution >= 4 is 73.7 Å². The van der Waals surface area contributed by atoms with Crippen LogP contribution in [0.25, 0.3) is 6.08 Å². The first-order valence-corrected chi connectivity index (χ1v) is 12.5. The summed E-state index contributed by atoms with van der Waals surface area (Å²) in [4.78, 5) is 17.7. The summed E-state index contributed by atoms with van der Waals surface area (Å²) in [5.41, 5.74) is 3.62. The standard InChI is InChI=1S/C25H19BrCl2N2O2S/c1-2-15-3-8-20(9-4-15)29-25-30-24(31)23(33-25)12-17-11-18(26)6-10-22(17)32-14-16-5-7-19(27)13-21(16)28/h3-13H,2,14H2,1H3,(H,29,30,31)/b23-12-. The normalized spacial score (nSPS) is 15.8. The van der Waals surface area contributed by atoms with Gasteiger partial charge >= 0.3 is 0 Å². The molecule has 3 aromatic rings. The molecule has 3 aromatic carbocycles. The Bertz CT molecular complexity index is 1260. The molecule has 1 heterocycles. The Morgan fingerprint density at radius 3 is 2.61 bits per heavy atom. The highest BCUT2D eigenvalue weighted by molar-refractivity contribution is 9.10. The van der Waals surface area contributed by atoms with Gasteiger partial charge in [-0.05, 0) is 72.3 Å². The number of carbonyl (C=O) groups excluding carboxylic acids is 1. The number of rotatable bonds is 6. The summed E-state index contributed by atoms with van der Waals surface area (Å²) in [6.45, 7) is 2.38. The van der Waals surface area contributed by atoms with Gasteiger partial charge in [0.15, 0.2) is 5.17 Å². The highest BCUT2D eigenvalue weighted by atomic mass is 79.9. The van der Waals surface area contributed by atoms with Crippen LogP contribution in [0.3, 0.4) is 0 Å². The van der Waals surface area contributed by atoms with Crippen LogP contribution in [-0.4, -0.2) is 11.1 Å². The fourth-order valence-electron chi connectivity index (χ4n) is 3.10. The average molecular weight is 562 g/mol. The Balaban J connectivity index is 1.54. The van der Waals surface area contributed by atoms with Crippen LogP contribution in [0.5, 0.6) is 5.75 Å². The van der Waals surface area contributed by atoms with Crippen molar-refractivity contribution in [1.29, 1.82) is 0 Å². The molecule has 1 N–H and O–H groups in total. The first kappa shape index (κ1) is 23.9. The van der Waals surface area contributed by atoms with Gasteiger partial charge in [-0.25, -0.2) is 4.99 Å². The maximum atomic E-state index is 12.6. The van der Waals surface area contributed by atoms with Crippen molar-refractivity contribution in [2.75, 3.05) is 0 Å². The Hall–Kier alpha value is -2.25. The molecule has 1 fully saturated rings. The lowest BCUT2D eigenvalue weighted by atomic mass is 10.1. The van der Waals surface area contributed by atoms with Crippen LogP contribution in [0.2, 0.25) is 10.0 Å². The van der Waals surface area contributed by atoms with E-state index in [4.69, 9.17) is 27.9 Å². The molecule has 0 bridgehead atoms. The van der Waals surface area contributed by atoms with Crippen LogP contribution < -0.4 is 10.1 Å². The number of benzene rings is 3. The van der Waals surface area contributed by atoms with Crippen molar-refractivity contribution in [3.63, 3.8) is 0 Å². The molecule has 0 aliphatic carbocycles. The van der Waals surface area contributed by atoms with Crippen LogP contribution in [0.4, 0.5) is 5.69 Å². The van der Waals surface area contributed by atoms with Crippen LogP contribution in [0.15, 0.2) is 75.0 Å². The van der Waals surface area contributed by atoms with Gasteiger partial charge < -0.3 is 10.1 Å². The molecule has 4 rings (SSSR count). The fraction of sp³-hybridized carbons (Fsp3) is 0.120. The van der Waals surface area contributed by atoms with E-state index in [0.29, 0.717) is 25.9 Å². The third kappa shape index (κ3) is 6.21. The molecule has 0 unspecified atom stereocenters. The van der Waals surface area contributed by atoms with Gasteiger partial charge in [-0.1, -0.05) is 64.3 Å². The molecule has 1 amide bonds. The summed E-state index contributed by atoms with van der Waals surface area (Å²) in [5.74, 6) is 0.432. The van der Waals surface area contributed by atoms with Crippen molar-refractivity contribution in [2.45, 2.75) is 20.0 Å². The third-order valence-corrected chi connectivity index (χ3v) is 6.87. The SMILES string of the molecule is CCc1ccc(N=C2NC(=O)/C(=C/c3cc(Br)ccc3OCc3ccc(Cl)cc3Cl)S2)cc1. The number of halogens is 3. The lowest BCUT2D eigenvalue weighted by Gasteiger charge is -2.11. The molecule has 0 saturated carbocycles. The highest BCUT2D eigenvalue weighted by Gasteiger charge is 2.24. The number of carbonyl (C=O) groups is 1. The zero-order valence-corrected chi connectivity index (χ0v) is 21.5. The number of amides is 1. The Labute approximate surface area is 215 Å². The number of ether oxygens (including phenoxy) is 1. The fourth-order valence-corrected chi connectivity index (χ4v) is 4.78. The summed E-state index contributed by atoms with van der Waals surface area (Å²) in [6, 6.07) is 18.9. The van der Waals surface area contributed by atoms with Crippen LogP contribution in [0, 0.1) is 0 Å². The van der Waals surface area contributed by atoms with Crippen molar-refractivity contribution < 1.29 is 9.53 Å². The van der Waals surface area contributed by atoms with Gasteiger partial charge in [-0.3, -0.25) is 4.79 Å². The maximum absolute atomic E-state index is 12.6. The summed E-state index contributed by atoms with van der Waals surface area (Å²) in [7, 11) is 0. The molecule has 33 heavy (non-hydrogen) atoms. The van der Waals surface area contributed by atoms with Crippen molar-refractivity contribution in [2.24, 2.45) is 4.99 Å². The van der Waals surface area contributed by atoms with E-state index in [1.165, 1.54) is 17.3 Å². The van der Waals surface area contributed by atoms with E-state index in [0.717, 1.165) is 27.7 Å². The minimum atomic E-state index is -0.199. The van der Waals surface area contributed by atoms with Crippen molar-refractivity contribution in [1.82, 2.24) is 5.32 Å². The maximum Gasteiger partial charge on any atom is 0.264 e. The Kier molecular flexibility index (Phi) is 7.81. The smallest absolute Gasteiger partial charge is 0.264 e. The number of hydrogen-bond acceptors (Lipinski definition) is 4. The van der Waals surface area contributed by atoms with E-state index in [1.807, 2.05) is 48.5 Å². The van der Waals surface area contributed by atoms with E-state index >= 15 is 0 Å². The minimum absolute atomic E-state index is 0.199. The van der Waals surface area contributed by atoms with Gasteiger partial charge in [-0.15, -0.1) is 0 Å². The molecule has 0 spiro atoms. The lowest BCUT2D eigenvalue weighted by Crippen LogP contribution is -2.19. The van der Waals surface area contributed by atoms with Crippen LogP contribution >= 0.6 is 50.9 Å². The second-order valence-electron chi connectivity index (χ2n) is 7.21. The topological polar surface area (TPSA) is 50.7 Å². The molecule has 4 nitrogen and oxygen atoms in total. The molecule has 1 aliphatic rings. The van der Waals surface area contributed by atoms with Gasteiger partial charge in [0.25, 0.3) is 5.91 Å². The highest BCUT2D eigenvalue weighted by Crippen LogP contribution is 2.33. The van der Waals surface area contributed by atoms with E-state index in [1.54, 1.807) is 18.2 Å². The van der Waals surface area contributed by atoms with Gasteiger partial charge in [-0.2, -0.15) is 0 Å². The average Bonchev–Trinajstić information content (AvgIpc) is 3.13. The molecule has 168 valence electrons. The second kappa shape index (κ2) is 10.8. The zero-order chi connectivity index (χ0) is 23.4. The van der Waals surface area contributed by atoms with Crippen molar-refractivity contribution in [3.05, 3.63) is 96.8 Å². The number of hydrogen-bond donors (Lipinski definition) is 1. The van der Waals surface area contributed by atoms with Gasteiger partial charge in [0.2, 0.25) is 0 Å². The van der Waals surface area contributed by atoms with Gasteiger partial charge in [0.1, 0.15) is 12.4 Å². The summed E-state index contributed by atoms with van der Waals surface area (Å²) >= 11 is 17.0. The minimum Gasteiger partial charge on any atom is -0.488 e.